The van der Waals surface area contributed by atoms with Crippen LogP contribution in [0, 0.1) is 11.6 Å². The average Bonchev–Trinajstić information content (AvgIpc) is 2.64. The number of aromatic nitrogens is 2. The number of rotatable bonds is 5. The molecular formula is C18H12ClF2N3O2S. The minimum Gasteiger partial charge on any atom is -0.323 e. The predicted octanol–water partition coefficient (Wildman–Crippen LogP) is 3.89. The molecule has 0 unspecified atom stereocenters. The van der Waals surface area contributed by atoms with Gasteiger partial charge in [0.15, 0.2) is 5.03 Å². The molecular weight excluding hydrogens is 396 g/mol. The molecule has 1 N–H and O–H groups in total. The monoisotopic (exact) mass is 407 g/mol. The van der Waals surface area contributed by atoms with Crippen LogP contribution in [0.25, 0.3) is 5.69 Å². The molecule has 3 rings (SSSR count). The van der Waals surface area contributed by atoms with Crippen molar-refractivity contribution < 1.29 is 13.6 Å². The SMILES string of the molecule is O=C(CSc1nccn(-c2ccc(F)cc2)c1=O)Nc1ccc(Cl)cc1F. The molecule has 0 aliphatic carbocycles. The largest absolute Gasteiger partial charge is 0.323 e. The van der Waals surface area contributed by atoms with Gasteiger partial charge < -0.3 is 5.32 Å². The van der Waals surface area contributed by atoms with E-state index in [2.05, 4.69) is 10.3 Å². The highest BCUT2D eigenvalue weighted by Crippen LogP contribution is 2.19. The van der Waals surface area contributed by atoms with Gasteiger partial charge in [-0.05, 0) is 42.5 Å². The van der Waals surface area contributed by atoms with Crippen molar-refractivity contribution in [2.45, 2.75) is 5.03 Å². The summed E-state index contributed by atoms with van der Waals surface area (Å²) < 4.78 is 28.0. The first-order valence-corrected chi connectivity index (χ1v) is 9.02. The van der Waals surface area contributed by atoms with Crippen LogP contribution in [0.15, 0.2) is 64.7 Å². The van der Waals surface area contributed by atoms with Crippen molar-refractivity contribution in [1.29, 1.82) is 0 Å². The summed E-state index contributed by atoms with van der Waals surface area (Å²) in [7, 11) is 0. The molecule has 3 aromatic rings. The van der Waals surface area contributed by atoms with Crippen LogP contribution >= 0.6 is 23.4 Å². The molecule has 138 valence electrons. The Balaban J connectivity index is 1.71. The van der Waals surface area contributed by atoms with Gasteiger partial charge in [-0.15, -0.1) is 0 Å². The van der Waals surface area contributed by atoms with Crippen LogP contribution in [0.4, 0.5) is 14.5 Å². The molecule has 0 bridgehead atoms. The number of anilines is 1. The maximum absolute atomic E-state index is 13.7. The minimum absolute atomic E-state index is 0.00487. The second-order valence-electron chi connectivity index (χ2n) is 5.34. The van der Waals surface area contributed by atoms with Gasteiger partial charge in [0.25, 0.3) is 5.56 Å². The first-order valence-electron chi connectivity index (χ1n) is 7.65. The molecule has 1 heterocycles. The lowest BCUT2D eigenvalue weighted by Crippen LogP contribution is -2.22. The normalized spacial score (nSPS) is 10.6. The van der Waals surface area contributed by atoms with Gasteiger partial charge in [-0.25, -0.2) is 13.8 Å². The Morgan fingerprint density at radius 1 is 1.19 bits per heavy atom. The fourth-order valence-corrected chi connectivity index (χ4v) is 3.06. The Bertz CT molecular complexity index is 1040. The number of benzene rings is 2. The standard InChI is InChI=1S/C18H12ClF2N3O2S/c19-11-1-6-15(14(21)9-11)23-16(25)10-27-17-18(26)24(8-7-22-17)13-4-2-12(20)3-5-13/h1-9H,10H2,(H,23,25). The number of hydrogen-bond donors (Lipinski definition) is 1. The summed E-state index contributed by atoms with van der Waals surface area (Å²) in [4.78, 5) is 28.5. The summed E-state index contributed by atoms with van der Waals surface area (Å²) in [5, 5.41) is 2.72. The second-order valence-corrected chi connectivity index (χ2v) is 6.75. The van der Waals surface area contributed by atoms with E-state index in [1.54, 1.807) is 0 Å². The van der Waals surface area contributed by atoms with Crippen molar-refractivity contribution in [3.05, 3.63) is 81.9 Å². The third kappa shape index (κ3) is 4.72. The summed E-state index contributed by atoms with van der Waals surface area (Å²) in [6.07, 6.45) is 2.85. The van der Waals surface area contributed by atoms with Gasteiger partial charge in [0.1, 0.15) is 11.6 Å². The van der Waals surface area contributed by atoms with Crippen LogP contribution in [0.1, 0.15) is 0 Å². The Morgan fingerprint density at radius 3 is 2.63 bits per heavy atom. The molecule has 9 heteroatoms. The quantitative estimate of drug-likeness (QED) is 0.652. The Morgan fingerprint density at radius 2 is 1.93 bits per heavy atom. The zero-order chi connectivity index (χ0) is 19.4. The van der Waals surface area contributed by atoms with Gasteiger partial charge in [-0.3, -0.25) is 14.2 Å². The smallest absolute Gasteiger partial charge is 0.287 e. The lowest BCUT2D eigenvalue weighted by atomic mass is 10.3. The van der Waals surface area contributed by atoms with Gasteiger partial charge in [0, 0.05) is 23.1 Å². The van der Waals surface area contributed by atoms with Crippen molar-refractivity contribution in [3.8, 4) is 5.69 Å². The number of thioether (sulfide) groups is 1. The van der Waals surface area contributed by atoms with Gasteiger partial charge >= 0.3 is 0 Å². The molecule has 27 heavy (non-hydrogen) atoms. The van der Waals surface area contributed by atoms with Crippen LogP contribution in [0.5, 0.6) is 0 Å². The number of halogens is 3. The van der Waals surface area contributed by atoms with Crippen LogP contribution in [-0.4, -0.2) is 21.2 Å². The van der Waals surface area contributed by atoms with Gasteiger partial charge in [-0.2, -0.15) is 0 Å². The molecule has 1 amide bonds. The van der Waals surface area contributed by atoms with Crippen molar-refractivity contribution >= 4 is 35.0 Å². The fourth-order valence-electron chi connectivity index (χ4n) is 2.21. The third-order valence-electron chi connectivity index (χ3n) is 3.46. The van der Waals surface area contributed by atoms with Crippen molar-refractivity contribution in [2.24, 2.45) is 0 Å². The second kappa shape index (κ2) is 8.32. The average molecular weight is 408 g/mol. The fraction of sp³-hybridized carbons (Fsp3) is 0.0556. The molecule has 0 saturated heterocycles. The highest BCUT2D eigenvalue weighted by Gasteiger charge is 2.12. The molecule has 0 radical (unpaired) electrons. The lowest BCUT2D eigenvalue weighted by molar-refractivity contribution is -0.113. The van der Waals surface area contributed by atoms with E-state index in [0.29, 0.717) is 5.69 Å². The number of nitrogens with one attached hydrogen (secondary N) is 1. The summed E-state index contributed by atoms with van der Waals surface area (Å²) >= 11 is 6.58. The van der Waals surface area contributed by atoms with Crippen LogP contribution in [0.3, 0.4) is 0 Å². The zero-order valence-corrected chi connectivity index (χ0v) is 15.2. The number of carbonyl (C=O) groups is 1. The van der Waals surface area contributed by atoms with Gasteiger partial charge in [-0.1, -0.05) is 23.4 Å². The number of nitrogens with zero attached hydrogens (tertiary/aromatic N) is 2. The number of carbonyl (C=O) groups excluding carboxylic acids is 1. The molecule has 0 aliphatic heterocycles. The Hall–Kier alpha value is -2.71. The maximum atomic E-state index is 13.7. The summed E-state index contributed by atoms with van der Waals surface area (Å²) in [6.45, 7) is 0. The van der Waals surface area contributed by atoms with E-state index in [0.717, 1.165) is 17.8 Å². The first-order chi connectivity index (χ1) is 12.9. The Labute approximate surface area is 162 Å². The molecule has 2 aromatic carbocycles. The lowest BCUT2D eigenvalue weighted by Gasteiger charge is -2.08. The highest BCUT2D eigenvalue weighted by molar-refractivity contribution is 7.99. The van der Waals surface area contributed by atoms with E-state index in [1.807, 2.05) is 0 Å². The molecule has 0 aliphatic rings. The molecule has 1 aromatic heterocycles. The van der Waals surface area contributed by atoms with Crippen LogP contribution in [-0.2, 0) is 4.79 Å². The van der Waals surface area contributed by atoms with Crippen LogP contribution in [0.2, 0.25) is 5.02 Å². The predicted molar refractivity (Wildman–Crippen MR) is 101 cm³/mol. The topological polar surface area (TPSA) is 64.0 Å². The van der Waals surface area contributed by atoms with Crippen molar-refractivity contribution in [1.82, 2.24) is 9.55 Å². The van der Waals surface area contributed by atoms with E-state index in [4.69, 9.17) is 11.6 Å². The van der Waals surface area contributed by atoms with Crippen molar-refractivity contribution in [3.63, 3.8) is 0 Å². The van der Waals surface area contributed by atoms with E-state index < -0.39 is 23.1 Å². The zero-order valence-electron chi connectivity index (χ0n) is 13.7. The first kappa shape index (κ1) is 19.1. The van der Waals surface area contributed by atoms with Crippen molar-refractivity contribution in [2.75, 3.05) is 11.1 Å². The molecule has 0 spiro atoms. The summed E-state index contributed by atoms with van der Waals surface area (Å²) in [6, 6.07) is 9.29. The van der Waals surface area contributed by atoms with Gasteiger partial charge in [0.2, 0.25) is 5.91 Å². The van der Waals surface area contributed by atoms with Gasteiger partial charge in [0.05, 0.1) is 11.4 Å². The number of amides is 1. The maximum Gasteiger partial charge on any atom is 0.287 e. The summed E-state index contributed by atoms with van der Waals surface area (Å²) in [5.74, 6) is -1.71. The minimum atomic E-state index is -0.655. The Kier molecular flexibility index (Phi) is 5.88. The molecule has 5 nitrogen and oxygen atoms in total. The van der Waals surface area contributed by atoms with E-state index in [9.17, 15) is 18.4 Å². The highest BCUT2D eigenvalue weighted by atomic mass is 35.5. The molecule has 0 atom stereocenters. The third-order valence-corrected chi connectivity index (χ3v) is 4.65. The van der Waals surface area contributed by atoms with E-state index in [-0.39, 0.29) is 21.5 Å². The molecule has 0 fully saturated rings. The van der Waals surface area contributed by atoms with Crippen LogP contribution < -0.4 is 10.9 Å². The molecule has 0 saturated carbocycles. The van der Waals surface area contributed by atoms with E-state index in [1.165, 1.54) is 53.4 Å². The van der Waals surface area contributed by atoms with E-state index >= 15 is 0 Å². The summed E-state index contributed by atoms with van der Waals surface area (Å²) in [5.41, 5.74) is 0.0210. The number of hydrogen-bond acceptors (Lipinski definition) is 4.